The average Bonchev–Trinajstić information content (AvgIpc) is 2.33. The normalized spacial score (nSPS) is 14.8. The molecule has 1 unspecified atom stereocenters. The van der Waals surface area contributed by atoms with Crippen LogP contribution in [-0.2, 0) is 4.74 Å². The molecule has 4 heteroatoms. The Labute approximate surface area is 112 Å². The molecule has 0 aliphatic rings. The molecule has 0 fully saturated rings. The second-order valence-corrected chi connectivity index (χ2v) is 5.20. The van der Waals surface area contributed by atoms with Crippen LogP contribution in [0.25, 0.3) is 0 Å². The van der Waals surface area contributed by atoms with E-state index in [0.29, 0.717) is 6.04 Å². The molecule has 0 amide bonds. The van der Waals surface area contributed by atoms with Crippen LogP contribution in [0.1, 0.15) is 40.5 Å². The fourth-order valence-electron chi connectivity index (χ4n) is 2.05. The van der Waals surface area contributed by atoms with Gasteiger partial charge in [0.25, 0.3) is 0 Å². The fraction of sp³-hybridized carbons (Fsp3) is 0.929. The number of nitriles is 1. The van der Waals surface area contributed by atoms with Gasteiger partial charge in [0, 0.05) is 19.7 Å². The lowest BCUT2D eigenvalue weighted by molar-refractivity contribution is 0.127. The summed E-state index contributed by atoms with van der Waals surface area (Å²) in [5, 5.41) is 12.4. The van der Waals surface area contributed by atoms with Crippen LogP contribution in [0.5, 0.6) is 0 Å². The number of hydrogen-bond donors (Lipinski definition) is 1. The molecule has 0 aromatic carbocycles. The molecule has 0 spiro atoms. The van der Waals surface area contributed by atoms with Gasteiger partial charge in [0.15, 0.2) is 0 Å². The highest BCUT2D eigenvalue weighted by atomic mass is 16.5. The molecule has 0 bridgehead atoms. The van der Waals surface area contributed by atoms with E-state index in [1.54, 1.807) is 7.11 Å². The summed E-state index contributed by atoms with van der Waals surface area (Å²) in [6.45, 7) is 12.0. The van der Waals surface area contributed by atoms with Crippen LogP contribution in [0.3, 0.4) is 0 Å². The predicted octanol–water partition coefficient (Wildman–Crippen LogP) is 2.02. The molecule has 0 rings (SSSR count). The predicted molar refractivity (Wildman–Crippen MR) is 75.5 cm³/mol. The van der Waals surface area contributed by atoms with E-state index in [1.807, 2.05) is 13.8 Å². The second kappa shape index (κ2) is 9.32. The van der Waals surface area contributed by atoms with Gasteiger partial charge in [-0.1, -0.05) is 6.92 Å². The van der Waals surface area contributed by atoms with Crippen molar-refractivity contribution in [2.75, 3.05) is 33.4 Å². The Morgan fingerprint density at radius 1 is 1.39 bits per heavy atom. The van der Waals surface area contributed by atoms with Gasteiger partial charge in [-0.05, 0) is 46.7 Å². The Kier molecular flexibility index (Phi) is 8.99. The van der Waals surface area contributed by atoms with E-state index in [0.717, 1.165) is 39.1 Å². The molecule has 0 aliphatic heterocycles. The SMILES string of the molecule is CCNC(C)(C#N)CCCN(CCOC)C(C)C. The van der Waals surface area contributed by atoms with Crippen molar-refractivity contribution in [2.24, 2.45) is 0 Å². The van der Waals surface area contributed by atoms with Crippen molar-refractivity contribution in [2.45, 2.75) is 52.1 Å². The lowest BCUT2D eigenvalue weighted by Crippen LogP contribution is -2.42. The molecular weight excluding hydrogens is 226 g/mol. The fourth-order valence-corrected chi connectivity index (χ4v) is 2.05. The second-order valence-electron chi connectivity index (χ2n) is 5.20. The Bertz CT molecular complexity index is 250. The molecule has 4 nitrogen and oxygen atoms in total. The maximum Gasteiger partial charge on any atom is 0.103 e. The van der Waals surface area contributed by atoms with Crippen LogP contribution in [0, 0.1) is 11.3 Å². The number of methoxy groups -OCH3 is 1. The molecule has 0 radical (unpaired) electrons. The number of nitrogens with zero attached hydrogens (tertiary/aromatic N) is 2. The highest BCUT2D eigenvalue weighted by Crippen LogP contribution is 2.12. The monoisotopic (exact) mass is 255 g/mol. The van der Waals surface area contributed by atoms with E-state index in [-0.39, 0.29) is 0 Å². The highest BCUT2D eigenvalue weighted by Gasteiger charge is 2.22. The van der Waals surface area contributed by atoms with Crippen LogP contribution in [0.15, 0.2) is 0 Å². The lowest BCUT2D eigenvalue weighted by Gasteiger charge is -2.28. The maximum atomic E-state index is 9.19. The minimum absolute atomic E-state index is 0.390. The van der Waals surface area contributed by atoms with Crippen molar-refractivity contribution in [1.82, 2.24) is 10.2 Å². The van der Waals surface area contributed by atoms with Gasteiger partial charge in [0.05, 0.1) is 12.7 Å². The van der Waals surface area contributed by atoms with Gasteiger partial charge >= 0.3 is 0 Å². The van der Waals surface area contributed by atoms with Crippen LogP contribution < -0.4 is 5.32 Å². The molecule has 18 heavy (non-hydrogen) atoms. The first-order chi connectivity index (χ1) is 8.49. The van der Waals surface area contributed by atoms with Gasteiger partial charge in [0.1, 0.15) is 5.54 Å². The molecule has 0 saturated heterocycles. The summed E-state index contributed by atoms with van der Waals surface area (Å²) in [7, 11) is 1.73. The van der Waals surface area contributed by atoms with Gasteiger partial charge < -0.3 is 4.74 Å². The van der Waals surface area contributed by atoms with Gasteiger partial charge in [-0.15, -0.1) is 0 Å². The Hall–Kier alpha value is -0.630. The van der Waals surface area contributed by atoms with E-state index < -0.39 is 5.54 Å². The number of nitrogens with one attached hydrogen (secondary N) is 1. The van der Waals surface area contributed by atoms with Gasteiger partial charge in [-0.3, -0.25) is 10.2 Å². The summed E-state index contributed by atoms with van der Waals surface area (Å²) in [4.78, 5) is 2.40. The average molecular weight is 255 g/mol. The summed E-state index contributed by atoms with van der Waals surface area (Å²) in [5.41, 5.74) is -0.390. The van der Waals surface area contributed by atoms with E-state index in [9.17, 15) is 5.26 Å². The molecule has 1 atom stereocenters. The van der Waals surface area contributed by atoms with Crippen molar-refractivity contribution in [1.29, 1.82) is 5.26 Å². The quantitative estimate of drug-likeness (QED) is 0.649. The van der Waals surface area contributed by atoms with Crippen LogP contribution in [0.4, 0.5) is 0 Å². The summed E-state index contributed by atoms with van der Waals surface area (Å²) < 4.78 is 5.12. The lowest BCUT2D eigenvalue weighted by atomic mass is 9.97. The van der Waals surface area contributed by atoms with Gasteiger partial charge in [-0.2, -0.15) is 5.26 Å². The molecule has 0 heterocycles. The van der Waals surface area contributed by atoms with E-state index in [1.165, 1.54) is 0 Å². The molecule has 106 valence electrons. The maximum absolute atomic E-state index is 9.19. The molecule has 0 aromatic rings. The zero-order valence-electron chi connectivity index (χ0n) is 12.6. The Morgan fingerprint density at radius 3 is 2.50 bits per heavy atom. The Morgan fingerprint density at radius 2 is 2.06 bits per heavy atom. The summed E-state index contributed by atoms with van der Waals surface area (Å²) in [6.07, 6.45) is 1.91. The first-order valence-corrected chi connectivity index (χ1v) is 6.88. The summed E-state index contributed by atoms with van der Waals surface area (Å²) in [6, 6.07) is 2.89. The van der Waals surface area contributed by atoms with E-state index in [2.05, 4.69) is 30.1 Å². The van der Waals surface area contributed by atoms with Crippen molar-refractivity contribution >= 4 is 0 Å². The van der Waals surface area contributed by atoms with E-state index >= 15 is 0 Å². The standard InChI is InChI=1S/C14H29N3O/c1-6-16-14(4,12-15)8-7-9-17(13(2)3)10-11-18-5/h13,16H,6-11H2,1-5H3. The smallest absolute Gasteiger partial charge is 0.103 e. The Balaban J connectivity index is 4.08. The first-order valence-electron chi connectivity index (χ1n) is 6.88. The number of hydrogen-bond acceptors (Lipinski definition) is 4. The zero-order chi connectivity index (χ0) is 14.0. The first kappa shape index (κ1) is 17.4. The molecule has 1 N–H and O–H groups in total. The van der Waals surface area contributed by atoms with Crippen molar-refractivity contribution in [3.8, 4) is 6.07 Å². The topological polar surface area (TPSA) is 48.3 Å². The summed E-state index contributed by atoms with van der Waals surface area (Å²) in [5.74, 6) is 0. The number of rotatable bonds is 10. The van der Waals surface area contributed by atoms with Crippen LogP contribution in [-0.4, -0.2) is 49.8 Å². The number of ether oxygens (including phenoxy) is 1. The van der Waals surface area contributed by atoms with Gasteiger partial charge in [-0.25, -0.2) is 0 Å². The third-order valence-corrected chi connectivity index (χ3v) is 3.25. The van der Waals surface area contributed by atoms with Gasteiger partial charge in [0.2, 0.25) is 0 Å². The van der Waals surface area contributed by atoms with Crippen LogP contribution in [0.2, 0.25) is 0 Å². The van der Waals surface area contributed by atoms with Crippen molar-refractivity contribution in [3.05, 3.63) is 0 Å². The summed E-state index contributed by atoms with van der Waals surface area (Å²) >= 11 is 0. The zero-order valence-corrected chi connectivity index (χ0v) is 12.6. The molecular formula is C14H29N3O. The third kappa shape index (κ3) is 6.95. The van der Waals surface area contributed by atoms with Crippen molar-refractivity contribution in [3.63, 3.8) is 0 Å². The highest BCUT2D eigenvalue weighted by molar-refractivity contribution is 5.03. The third-order valence-electron chi connectivity index (χ3n) is 3.25. The minimum atomic E-state index is -0.390. The molecule has 0 aromatic heterocycles. The van der Waals surface area contributed by atoms with Crippen LogP contribution >= 0.6 is 0 Å². The molecule has 0 saturated carbocycles. The van der Waals surface area contributed by atoms with E-state index in [4.69, 9.17) is 4.74 Å². The largest absolute Gasteiger partial charge is 0.383 e. The molecule has 0 aliphatic carbocycles. The minimum Gasteiger partial charge on any atom is -0.383 e. The van der Waals surface area contributed by atoms with Crippen molar-refractivity contribution < 1.29 is 4.74 Å².